The minimum Gasteiger partial charge on any atom is -0.404 e. The summed E-state index contributed by atoms with van der Waals surface area (Å²) in [6, 6.07) is 4.81. The maximum atomic E-state index is 11.6. The average Bonchev–Trinajstić information content (AvgIpc) is 2.46. The van der Waals surface area contributed by atoms with Crippen LogP contribution in [0.5, 0.6) is 0 Å². The number of hydrogen-bond donors (Lipinski definition) is 4. The van der Waals surface area contributed by atoms with E-state index < -0.39 is 23.9 Å². The van der Waals surface area contributed by atoms with Crippen molar-refractivity contribution in [1.82, 2.24) is 0 Å². The number of benzene rings is 1. The normalized spacial score (nSPS) is 11.9. The Kier molecular flexibility index (Phi) is 5.61. The highest BCUT2D eigenvalue weighted by molar-refractivity contribution is 5.93. The molecule has 1 rings (SSSR count). The van der Waals surface area contributed by atoms with Crippen molar-refractivity contribution >= 4 is 11.9 Å². The molecule has 0 unspecified atom stereocenters. The largest absolute Gasteiger partial charge is 0.404 e. The summed E-state index contributed by atoms with van der Waals surface area (Å²) in [5.74, 6) is -7.11. The molecule has 0 aliphatic rings. The van der Waals surface area contributed by atoms with Gasteiger partial charge < -0.3 is 29.9 Å². The molecule has 122 valence electrons. The fourth-order valence-corrected chi connectivity index (χ4v) is 1.30. The van der Waals surface area contributed by atoms with E-state index in [1.54, 1.807) is 0 Å². The minimum absolute atomic E-state index is 0.0211. The lowest BCUT2D eigenvalue weighted by Gasteiger charge is -2.20. The first-order valence-electron chi connectivity index (χ1n) is 6.56. The van der Waals surface area contributed by atoms with Crippen LogP contribution in [0.2, 0.25) is 0 Å². The van der Waals surface area contributed by atoms with Gasteiger partial charge in [0.2, 0.25) is 0 Å². The quantitative estimate of drug-likeness (QED) is 0.429. The first-order chi connectivity index (χ1) is 10.1. The van der Waals surface area contributed by atoms with Gasteiger partial charge in [0.1, 0.15) is 0 Å². The van der Waals surface area contributed by atoms with Gasteiger partial charge in [-0.2, -0.15) is 0 Å². The predicted molar refractivity (Wildman–Crippen MR) is 72.2 cm³/mol. The zero-order chi connectivity index (χ0) is 17.0. The van der Waals surface area contributed by atoms with E-state index in [0.717, 1.165) is 0 Å². The highest BCUT2D eigenvalue weighted by atomic mass is 16.8. The van der Waals surface area contributed by atoms with Crippen molar-refractivity contribution in [1.29, 1.82) is 0 Å². The molecule has 1 aromatic carbocycles. The van der Waals surface area contributed by atoms with Gasteiger partial charge in [-0.15, -0.1) is 0 Å². The SMILES string of the molecule is CCC(O)(O)OC(=O)c1ccc(C(=O)OC(O)(O)CC)cc1. The molecule has 0 atom stereocenters. The van der Waals surface area contributed by atoms with Gasteiger partial charge >= 0.3 is 23.9 Å². The van der Waals surface area contributed by atoms with Gasteiger partial charge in [0, 0.05) is 12.8 Å². The highest BCUT2D eigenvalue weighted by Gasteiger charge is 2.28. The van der Waals surface area contributed by atoms with Gasteiger partial charge in [0.25, 0.3) is 0 Å². The second-order valence-electron chi connectivity index (χ2n) is 4.55. The molecule has 4 N–H and O–H groups in total. The molecule has 0 aliphatic carbocycles. The van der Waals surface area contributed by atoms with E-state index >= 15 is 0 Å². The molecule has 0 bridgehead atoms. The first kappa shape index (κ1) is 18.1. The van der Waals surface area contributed by atoms with E-state index in [9.17, 15) is 30.0 Å². The molecule has 0 spiro atoms. The summed E-state index contributed by atoms with van der Waals surface area (Å²) in [6.45, 7) is 2.83. The lowest BCUT2D eigenvalue weighted by molar-refractivity contribution is -0.309. The van der Waals surface area contributed by atoms with E-state index in [1.165, 1.54) is 38.1 Å². The number of carbonyl (C=O) groups excluding carboxylic acids is 2. The second kappa shape index (κ2) is 6.84. The Bertz CT molecular complexity index is 483. The lowest BCUT2D eigenvalue weighted by Crippen LogP contribution is -2.34. The molecule has 0 saturated carbocycles. The number of hydrogen-bond acceptors (Lipinski definition) is 8. The Morgan fingerprint density at radius 2 is 1.09 bits per heavy atom. The molecule has 0 aromatic heterocycles. The van der Waals surface area contributed by atoms with Crippen molar-refractivity contribution in [3.63, 3.8) is 0 Å². The second-order valence-corrected chi connectivity index (χ2v) is 4.55. The van der Waals surface area contributed by atoms with Crippen molar-refractivity contribution in [3.8, 4) is 0 Å². The van der Waals surface area contributed by atoms with Crippen LogP contribution in [0.25, 0.3) is 0 Å². The zero-order valence-corrected chi connectivity index (χ0v) is 12.1. The molecule has 8 nitrogen and oxygen atoms in total. The van der Waals surface area contributed by atoms with Crippen LogP contribution in [0, 0.1) is 0 Å². The summed E-state index contributed by atoms with van der Waals surface area (Å²) < 4.78 is 8.89. The highest BCUT2D eigenvalue weighted by Crippen LogP contribution is 2.15. The van der Waals surface area contributed by atoms with Crippen LogP contribution < -0.4 is 0 Å². The fraction of sp³-hybridized carbons (Fsp3) is 0.429. The zero-order valence-electron chi connectivity index (χ0n) is 12.1. The number of carbonyl (C=O) groups is 2. The van der Waals surface area contributed by atoms with E-state index in [1.807, 2.05) is 0 Å². The van der Waals surface area contributed by atoms with Crippen molar-refractivity contribution in [3.05, 3.63) is 35.4 Å². The summed E-state index contributed by atoms with van der Waals surface area (Å²) in [5, 5.41) is 36.9. The Labute approximate surface area is 126 Å². The molecule has 0 aliphatic heterocycles. The fourth-order valence-electron chi connectivity index (χ4n) is 1.30. The van der Waals surface area contributed by atoms with Crippen LogP contribution >= 0.6 is 0 Å². The number of aliphatic hydroxyl groups is 4. The van der Waals surface area contributed by atoms with Crippen LogP contribution in [0.3, 0.4) is 0 Å². The average molecular weight is 314 g/mol. The van der Waals surface area contributed by atoms with Crippen LogP contribution in [0.4, 0.5) is 0 Å². The van der Waals surface area contributed by atoms with Crippen molar-refractivity contribution < 1.29 is 39.5 Å². The van der Waals surface area contributed by atoms with Gasteiger partial charge in [-0.1, -0.05) is 13.8 Å². The minimum atomic E-state index is -2.57. The van der Waals surface area contributed by atoms with Gasteiger partial charge in [-0.25, -0.2) is 9.59 Å². The summed E-state index contributed by atoms with van der Waals surface area (Å²) >= 11 is 0. The smallest absolute Gasteiger partial charge is 0.342 e. The van der Waals surface area contributed by atoms with Gasteiger partial charge in [0.15, 0.2) is 0 Å². The Balaban J connectivity index is 2.79. The van der Waals surface area contributed by atoms with Gasteiger partial charge in [-0.3, -0.25) is 0 Å². The molecular weight excluding hydrogens is 296 g/mol. The van der Waals surface area contributed by atoms with Gasteiger partial charge in [0.05, 0.1) is 11.1 Å². The molecule has 22 heavy (non-hydrogen) atoms. The van der Waals surface area contributed by atoms with Crippen molar-refractivity contribution in [2.75, 3.05) is 0 Å². The van der Waals surface area contributed by atoms with E-state index in [0.29, 0.717) is 0 Å². The van der Waals surface area contributed by atoms with Crippen LogP contribution in [-0.2, 0) is 9.47 Å². The standard InChI is InChI=1S/C14H18O8/c1-3-13(17,18)21-11(15)9-5-7-10(8-6-9)12(16)22-14(19,20)4-2/h5-8,17-20H,3-4H2,1-2H3. The molecule has 0 saturated heterocycles. The molecule has 0 amide bonds. The summed E-state index contributed by atoms with van der Waals surface area (Å²) in [7, 11) is 0. The Hall–Kier alpha value is -2.00. The molecular formula is C14H18O8. The molecule has 1 aromatic rings. The van der Waals surface area contributed by atoms with Crippen LogP contribution in [0.15, 0.2) is 24.3 Å². The topological polar surface area (TPSA) is 134 Å². The van der Waals surface area contributed by atoms with E-state index in [4.69, 9.17) is 0 Å². The molecule has 0 fully saturated rings. The predicted octanol–water partition coefficient (Wildman–Crippen LogP) is 0.0970. The van der Waals surface area contributed by atoms with E-state index in [2.05, 4.69) is 9.47 Å². The summed E-state index contributed by atoms with van der Waals surface area (Å²) in [4.78, 5) is 23.3. The van der Waals surface area contributed by atoms with E-state index in [-0.39, 0.29) is 24.0 Å². The monoisotopic (exact) mass is 314 g/mol. The van der Waals surface area contributed by atoms with Crippen molar-refractivity contribution in [2.45, 2.75) is 38.6 Å². The molecule has 8 heteroatoms. The lowest BCUT2D eigenvalue weighted by atomic mass is 10.1. The molecule has 0 heterocycles. The third kappa shape index (κ3) is 5.08. The third-order valence-corrected chi connectivity index (χ3v) is 2.79. The first-order valence-corrected chi connectivity index (χ1v) is 6.56. The van der Waals surface area contributed by atoms with Crippen LogP contribution in [-0.4, -0.2) is 44.3 Å². The third-order valence-electron chi connectivity index (χ3n) is 2.79. The van der Waals surface area contributed by atoms with Crippen LogP contribution in [0.1, 0.15) is 47.4 Å². The Morgan fingerprint density at radius 3 is 1.32 bits per heavy atom. The maximum absolute atomic E-state index is 11.6. The summed E-state index contributed by atoms with van der Waals surface area (Å²) in [6.07, 6.45) is -0.426. The number of rotatable bonds is 6. The Morgan fingerprint density at radius 1 is 0.818 bits per heavy atom. The van der Waals surface area contributed by atoms with Gasteiger partial charge in [-0.05, 0) is 24.3 Å². The summed E-state index contributed by atoms with van der Waals surface area (Å²) in [5.41, 5.74) is -0.0422. The maximum Gasteiger partial charge on any atom is 0.342 e. The van der Waals surface area contributed by atoms with Crippen molar-refractivity contribution in [2.24, 2.45) is 0 Å². The number of esters is 2. The number of ether oxygens (including phenoxy) is 2. The molecule has 0 radical (unpaired) electrons.